The van der Waals surface area contributed by atoms with Gasteiger partial charge in [0.2, 0.25) is 0 Å². The Kier molecular flexibility index (Phi) is 8.88. The highest BCUT2D eigenvalue weighted by Gasteiger charge is 2.31. The molecule has 0 aliphatic carbocycles. The van der Waals surface area contributed by atoms with Gasteiger partial charge in [0.05, 0.1) is 19.3 Å². The molecule has 1 atom stereocenters. The molecule has 0 bridgehead atoms. The lowest BCUT2D eigenvalue weighted by Crippen LogP contribution is -2.37. The molecule has 0 spiro atoms. The van der Waals surface area contributed by atoms with Gasteiger partial charge >= 0.3 is 0 Å². The molecule has 1 saturated heterocycles. The molecule has 7 nitrogen and oxygen atoms in total. The Hall–Kier alpha value is -3.03. The van der Waals surface area contributed by atoms with E-state index in [0.717, 1.165) is 68.5 Å². The summed E-state index contributed by atoms with van der Waals surface area (Å²) in [6.45, 7) is 8.44. The summed E-state index contributed by atoms with van der Waals surface area (Å²) in [7, 11) is 1.67. The second-order valence-corrected chi connectivity index (χ2v) is 9.81. The minimum absolute atomic E-state index is 0.322. The van der Waals surface area contributed by atoms with Gasteiger partial charge in [-0.3, -0.25) is 4.90 Å². The molecule has 1 aliphatic heterocycles. The number of benzene rings is 2. The van der Waals surface area contributed by atoms with Crippen molar-refractivity contribution in [2.45, 2.75) is 58.2 Å². The smallest absolute Gasteiger partial charge is 0.161 e. The van der Waals surface area contributed by atoms with Gasteiger partial charge in [-0.15, -0.1) is 0 Å². The van der Waals surface area contributed by atoms with Gasteiger partial charge in [0.25, 0.3) is 0 Å². The lowest BCUT2D eigenvalue weighted by molar-refractivity contribution is -0.0168. The fourth-order valence-corrected chi connectivity index (χ4v) is 4.64. The summed E-state index contributed by atoms with van der Waals surface area (Å²) in [5.41, 5.74) is 1.57. The number of nitrogens with zero attached hydrogens (tertiary/aromatic N) is 3. The van der Waals surface area contributed by atoms with E-state index in [4.69, 9.17) is 14.2 Å². The van der Waals surface area contributed by atoms with E-state index in [1.165, 1.54) is 11.1 Å². The molecule has 36 heavy (non-hydrogen) atoms. The topological polar surface area (TPSA) is 69.0 Å². The Morgan fingerprint density at radius 1 is 1.00 bits per heavy atom. The predicted octanol–water partition coefficient (Wildman–Crippen LogP) is 4.77. The van der Waals surface area contributed by atoms with Crippen LogP contribution in [-0.4, -0.2) is 58.6 Å². The molecule has 0 saturated carbocycles. The van der Waals surface area contributed by atoms with Crippen LogP contribution in [0.1, 0.15) is 42.6 Å². The van der Waals surface area contributed by atoms with Crippen molar-refractivity contribution in [2.24, 2.45) is 0 Å². The van der Waals surface area contributed by atoms with Crippen molar-refractivity contribution in [3.05, 3.63) is 71.8 Å². The molecule has 3 aromatic rings. The van der Waals surface area contributed by atoms with Crippen molar-refractivity contribution in [1.82, 2.24) is 14.5 Å². The van der Waals surface area contributed by atoms with Crippen LogP contribution in [0, 0.1) is 13.8 Å². The van der Waals surface area contributed by atoms with E-state index < -0.39 is 5.60 Å². The van der Waals surface area contributed by atoms with Crippen LogP contribution in [0.4, 0.5) is 0 Å². The molecule has 1 N–H and O–H groups in total. The van der Waals surface area contributed by atoms with Gasteiger partial charge in [0.15, 0.2) is 11.5 Å². The highest BCUT2D eigenvalue weighted by Crippen LogP contribution is 2.30. The number of aromatic nitrogens is 2. The molecule has 0 amide bonds. The number of imidazole rings is 1. The highest BCUT2D eigenvalue weighted by molar-refractivity contribution is 5.43. The lowest BCUT2D eigenvalue weighted by atomic mass is 9.96. The lowest BCUT2D eigenvalue weighted by Gasteiger charge is -2.27. The first-order valence-electron chi connectivity index (χ1n) is 12.9. The Morgan fingerprint density at radius 2 is 1.83 bits per heavy atom. The van der Waals surface area contributed by atoms with E-state index in [9.17, 15) is 5.11 Å². The molecule has 2 heterocycles. The number of aliphatic hydroxyl groups is 1. The monoisotopic (exact) mass is 493 g/mol. The van der Waals surface area contributed by atoms with Crippen LogP contribution in [0.2, 0.25) is 0 Å². The summed E-state index contributed by atoms with van der Waals surface area (Å²) < 4.78 is 19.7. The van der Waals surface area contributed by atoms with Crippen molar-refractivity contribution >= 4 is 0 Å². The van der Waals surface area contributed by atoms with E-state index in [1.807, 2.05) is 49.6 Å². The van der Waals surface area contributed by atoms with Crippen molar-refractivity contribution in [3.8, 4) is 17.2 Å². The standard InChI is InChI=1S/C29H39N3O4/c1-23-6-9-26(10-7-23)36-22-29(33)12-4-15-31(17-13-29)21-25-8-11-27(34-3)28(20-25)35-19-5-16-32-18-14-30-24(32)2/h6-11,14,18,20,33H,4-5,12-13,15-17,19,21-22H2,1-3H3. The Morgan fingerprint density at radius 3 is 2.58 bits per heavy atom. The molecule has 1 fully saturated rings. The normalized spacial score (nSPS) is 18.6. The maximum Gasteiger partial charge on any atom is 0.161 e. The van der Waals surface area contributed by atoms with Crippen LogP contribution in [0.3, 0.4) is 0 Å². The van der Waals surface area contributed by atoms with Crippen LogP contribution < -0.4 is 14.2 Å². The Balaban J connectivity index is 1.28. The van der Waals surface area contributed by atoms with Gasteiger partial charge in [-0.05, 0) is 75.9 Å². The van der Waals surface area contributed by atoms with Crippen molar-refractivity contribution in [1.29, 1.82) is 0 Å². The van der Waals surface area contributed by atoms with Gasteiger partial charge in [0.1, 0.15) is 18.2 Å². The van der Waals surface area contributed by atoms with E-state index in [2.05, 4.69) is 33.5 Å². The summed E-state index contributed by atoms with van der Waals surface area (Å²) >= 11 is 0. The fourth-order valence-electron chi connectivity index (χ4n) is 4.64. The van der Waals surface area contributed by atoms with Crippen LogP contribution in [0.25, 0.3) is 0 Å². The summed E-state index contributed by atoms with van der Waals surface area (Å²) in [6, 6.07) is 14.1. The number of hydrogen-bond donors (Lipinski definition) is 1. The van der Waals surface area contributed by atoms with Crippen LogP contribution in [0.5, 0.6) is 17.2 Å². The summed E-state index contributed by atoms with van der Waals surface area (Å²) in [6.07, 6.45) is 7.06. The first-order valence-corrected chi connectivity index (χ1v) is 12.9. The van der Waals surface area contributed by atoms with E-state index >= 15 is 0 Å². The molecule has 4 rings (SSSR count). The first-order chi connectivity index (χ1) is 17.4. The third-order valence-corrected chi connectivity index (χ3v) is 6.90. The van der Waals surface area contributed by atoms with Crippen LogP contribution >= 0.6 is 0 Å². The van der Waals surface area contributed by atoms with E-state index in [1.54, 1.807) is 7.11 Å². The fraction of sp³-hybridized carbons (Fsp3) is 0.483. The second kappa shape index (κ2) is 12.3. The van der Waals surface area contributed by atoms with Crippen molar-refractivity contribution < 1.29 is 19.3 Å². The highest BCUT2D eigenvalue weighted by atomic mass is 16.5. The summed E-state index contributed by atoms with van der Waals surface area (Å²) in [5.74, 6) is 3.34. The Bertz CT molecular complexity index is 1100. The molecule has 2 aromatic carbocycles. The maximum absolute atomic E-state index is 11.2. The molecular formula is C29H39N3O4. The quantitative estimate of drug-likeness (QED) is 0.388. The van der Waals surface area contributed by atoms with Crippen LogP contribution in [-0.2, 0) is 13.1 Å². The number of ether oxygens (including phenoxy) is 3. The summed E-state index contributed by atoms with van der Waals surface area (Å²) in [4.78, 5) is 6.67. The second-order valence-electron chi connectivity index (χ2n) is 9.81. The number of rotatable bonds is 11. The minimum atomic E-state index is -0.804. The van der Waals surface area contributed by atoms with Crippen molar-refractivity contribution in [2.75, 3.05) is 33.4 Å². The number of methoxy groups -OCH3 is 1. The zero-order valence-electron chi connectivity index (χ0n) is 21.8. The molecule has 0 radical (unpaired) electrons. The maximum atomic E-state index is 11.2. The number of aryl methyl sites for hydroxylation is 3. The van der Waals surface area contributed by atoms with E-state index in [0.29, 0.717) is 19.6 Å². The van der Waals surface area contributed by atoms with Gasteiger partial charge in [-0.1, -0.05) is 23.8 Å². The largest absolute Gasteiger partial charge is 0.493 e. The zero-order valence-corrected chi connectivity index (χ0v) is 21.8. The molecular weight excluding hydrogens is 454 g/mol. The van der Waals surface area contributed by atoms with Gasteiger partial charge in [-0.25, -0.2) is 4.98 Å². The van der Waals surface area contributed by atoms with Crippen molar-refractivity contribution in [3.63, 3.8) is 0 Å². The third-order valence-electron chi connectivity index (χ3n) is 6.90. The van der Waals surface area contributed by atoms with E-state index in [-0.39, 0.29) is 0 Å². The number of likely N-dealkylation sites (tertiary alicyclic amines) is 1. The van der Waals surface area contributed by atoms with Gasteiger partial charge < -0.3 is 23.9 Å². The third kappa shape index (κ3) is 7.24. The van der Waals surface area contributed by atoms with Crippen LogP contribution in [0.15, 0.2) is 54.9 Å². The predicted molar refractivity (Wildman–Crippen MR) is 141 cm³/mol. The summed E-state index contributed by atoms with van der Waals surface area (Å²) in [5, 5.41) is 11.2. The van der Waals surface area contributed by atoms with Gasteiger partial charge in [0, 0.05) is 32.0 Å². The molecule has 1 unspecified atom stereocenters. The SMILES string of the molecule is COc1ccc(CN2CCCC(O)(COc3ccc(C)cc3)CC2)cc1OCCCn1ccnc1C. The average Bonchev–Trinajstić information content (AvgIpc) is 3.20. The minimum Gasteiger partial charge on any atom is -0.493 e. The zero-order chi connectivity index (χ0) is 25.4. The Labute approximate surface area is 214 Å². The molecule has 7 heteroatoms. The first kappa shape index (κ1) is 26.0. The molecule has 1 aliphatic rings. The number of hydrogen-bond acceptors (Lipinski definition) is 6. The molecule has 194 valence electrons. The van der Waals surface area contributed by atoms with Gasteiger partial charge in [-0.2, -0.15) is 0 Å². The molecule has 1 aromatic heterocycles. The average molecular weight is 494 g/mol.